The van der Waals surface area contributed by atoms with Crippen LogP contribution in [0.1, 0.15) is 6.92 Å². The summed E-state index contributed by atoms with van der Waals surface area (Å²) in [5, 5.41) is 4.82. The fourth-order valence-electron chi connectivity index (χ4n) is 2.24. The molecule has 1 aliphatic heterocycles. The molecule has 1 aromatic carbocycles. The van der Waals surface area contributed by atoms with E-state index in [2.05, 4.69) is 21.0 Å². The van der Waals surface area contributed by atoms with E-state index in [0.29, 0.717) is 5.69 Å². The molecular weight excluding hydrogens is 401 g/mol. The van der Waals surface area contributed by atoms with E-state index in [1.807, 2.05) is 0 Å². The molecule has 0 fully saturated rings. The smallest absolute Gasteiger partial charge is 0.268 e. The molecule has 10 heteroatoms. The van der Waals surface area contributed by atoms with Crippen molar-refractivity contribution in [1.82, 2.24) is 0 Å². The Balaban J connectivity index is 2.36. The first-order chi connectivity index (χ1) is 10.5. The van der Waals surface area contributed by atoms with Crippen molar-refractivity contribution in [2.45, 2.75) is 19.1 Å². The van der Waals surface area contributed by atoms with Gasteiger partial charge in [-0.05, 0) is 24.3 Å². The van der Waals surface area contributed by atoms with Crippen molar-refractivity contribution in [3.05, 3.63) is 28.7 Å². The lowest BCUT2D eigenvalue weighted by Gasteiger charge is -2.26. The summed E-state index contributed by atoms with van der Waals surface area (Å²) in [6.07, 6.45) is -3.74. The SMILES string of the molecule is C[C@@H]1C(C(F)(F)F)=NN(c2ccc(Br)cc2)[C@H]1COS(C)(=O)=O. The van der Waals surface area contributed by atoms with Gasteiger partial charge in [0.1, 0.15) is 5.71 Å². The molecule has 1 heterocycles. The van der Waals surface area contributed by atoms with Crippen LogP contribution in [0, 0.1) is 5.92 Å². The standard InChI is InChI=1S/C13H14BrF3N2O3S/c1-8-11(7-22-23(2,20)21)19(18-12(8)13(15,16)17)10-5-3-9(14)4-6-10/h3-6,8,11H,7H2,1-2H3/t8-,11-/m0/s1. The molecule has 0 bridgehead atoms. The van der Waals surface area contributed by atoms with Crippen LogP contribution in [0.3, 0.4) is 0 Å². The summed E-state index contributed by atoms with van der Waals surface area (Å²) < 4.78 is 67.0. The van der Waals surface area contributed by atoms with Crippen molar-refractivity contribution in [2.75, 3.05) is 17.9 Å². The minimum atomic E-state index is -4.59. The molecule has 0 saturated carbocycles. The summed E-state index contributed by atoms with van der Waals surface area (Å²) in [6, 6.07) is 5.63. The van der Waals surface area contributed by atoms with E-state index in [1.54, 1.807) is 24.3 Å². The number of hydrogen-bond acceptors (Lipinski definition) is 5. The number of benzene rings is 1. The third-order valence-electron chi connectivity index (χ3n) is 3.37. The molecule has 0 aromatic heterocycles. The topological polar surface area (TPSA) is 59.0 Å². The van der Waals surface area contributed by atoms with E-state index in [1.165, 1.54) is 6.92 Å². The maximum Gasteiger partial charge on any atom is 0.431 e. The van der Waals surface area contributed by atoms with E-state index in [9.17, 15) is 21.6 Å². The summed E-state index contributed by atoms with van der Waals surface area (Å²) in [6.45, 7) is 0.931. The van der Waals surface area contributed by atoms with Gasteiger partial charge in [0.2, 0.25) is 0 Å². The molecule has 23 heavy (non-hydrogen) atoms. The second kappa shape index (κ2) is 6.40. The Bertz CT molecular complexity index is 704. The number of alkyl halides is 3. The van der Waals surface area contributed by atoms with Crippen LogP contribution in [0.4, 0.5) is 18.9 Å². The Morgan fingerprint density at radius 1 is 1.30 bits per heavy atom. The van der Waals surface area contributed by atoms with Crippen LogP contribution in [0.15, 0.2) is 33.8 Å². The first-order valence-corrected chi connectivity index (χ1v) is 9.15. The number of hydrazone groups is 1. The lowest BCUT2D eigenvalue weighted by molar-refractivity contribution is -0.0621. The van der Waals surface area contributed by atoms with Gasteiger partial charge in [0.15, 0.2) is 0 Å². The molecule has 1 aliphatic rings. The van der Waals surface area contributed by atoms with Crippen LogP contribution in [0.25, 0.3) is 0 Å². The fraction of sp³-hybridized carbons (Fsp3) is 0.462. The average Bonchev–Trinajstić information content (AvgIpc) is 2.73. The van der Waals surface area contributed by atoms with Gasteiger partial charge in [-0.25, -0.2) is 0 Å². The zero-order valence-corrected chi connectivity index (χ0v) is 14.6. The predicted molar refractivity (Wildman–Crippen MR) is 83.9 cm³/mol. The molecule has 0 unspecified atom stereocenters. The van der Waals surface area contributed by atoms with E-state index in [-0.39, 0.29) is 0 Å². The van der Waals surface area contributed by atoms with E-state index in [4.69, 9.17) is 4.18 Å². The van der Waals surface area contributed by atoms with Gasteiger partial charge in [0, 0.05) is 10.4 Å². The van der Waals surface area contributed by atoms with Crippen LogP contribution in [-0.4, -0.2) is 39.2 Å². The summed E-state index contributed by atoms with van der Waals surface area (Å²) in [4.78, 5) is 0. The van der Waals surface area contributed by atoms with Crippen LogP contribution in [-0.2, 0) is 14.3 Å². The lowest BCUT2D eigenvalue weighted by atomic mass is 9.98. The highest BCUT2D eigenvalue weighted by atomic mass is 79.9. The zero-order valence-electron chi connectivity index (χ0n) is 12.2. The molecule has 0 radical (unpaired) electrons. The highest BCUT2D eigenvalue weighted by molar-refractivity contribution is 9.10. The molecule has 0 aliphatic carbocycles. The monoisotopic (exact) mass is 414 g/mol. The molecule has 128 valence electrons. The summed E-state index contributed by atoms with van der Waals surface area (Å²) in [5.41, 5.74) is -0.538. The predicted octanol–water partition coefficient (Wildman–Crippen LogP) is 3.17. The average molecular weight is 415 g/mol. The molecule has 2 rings (SSSR count). The van der Waals surface area contributed by atoms with Gasteiger partial charge in [0.05, 0.1) is 24.6 Å². The normalized spacial score (nSPS) is 22.3. The van der Waals surface area contributed by atoms with Gasteiger partial charge < -0.3 is 0 Å². The summed E-state index contributed by atoms with van der Waals surface area (Å²) >= 11 is 3.24. The third kappa shape index (κ3) is 4.45. The molecule has 0 spiro atoms. The van der Waals surface area contributed by atoms with Crippen molar-refractivity contribution >= 4 is 37.4 Å². The maximum absolute atomic E-state index is 13.1. The maximum atomic E-state index is 13.1. The largest absolute Gasteiger partial charge is 0.431 e. The number of hydrogen-bond donors (Lipinski definition) is 0. The number of anilines is 1. The van der Waals surface area contributed by atoms with Crippen molar-refractivity contribution in [1.29, 1.82) is 0 Å². The minimum absolute atomic E-state index is 0.418. The van der Waals surface area contributed by atoms with Gasteiger partial charge in [0.25, 0.3) is 10.1 Å². The van der Waals surface area contributed by atoms with Crippen molar-refractivity contribution in [3.8, 4) is 0 Å². The second-order valence-electron chi connectivity index (χ2n) is 5.15. The molecule has 0 saturated heterocycles. The van der Waals surface area contributed by atoms with Gasteiger partial charge >= 0.3 is 6.18 Å². The Morgan fingerprint density at radius 3 is 2.35 bits per heavy atom. The van der Waals surface area contributed by atoms with Crippen molar-refractivity contribution < 1.29 is 25.8 Å². The van der Waals surface area contributed by atoms with Crippen LogP contribution < -0.4 is 5.01 Å². The van der Waals surface area contributed by atoms with Gasteiger partial charge in [-0.15, -0.1) is 0 Å². The van der Waals surface area contributed by atoms with Crippen LogP contribution in [0.5, 0.6) is 0 Å². The Morgan fingerprint density at radius 2 is 1.87 bits per heavy atom. The first-order valence-electron chi connectivity index (χ1n) is 6.54. The third-order valence-corrected chi connectivity index (χ3v) is 4.47. The van der Waals surface area contributed by atoms with E-state index < -0.39 is 40.6 Å². The van der Waals surface area contributed by atoms with Crippen LogP contribution in [0.2, 0.25) is 0 Å². The molecule has 0 amide bonds. The fourth-order valence-corrected chi connectivity index (χ4v) is 2.89. The highest BCUT2D eigenvalue weighted by Crippen LogP contribution is 2.35. The van der Waals surface area contributed by atoms with Gasteiger partial charge in [-0.1, -0.05) is 22.9 Å². The van der Waals surface area contributed by atoms with Crippen molar-refractivity contribution in [2.24, 2.45) is 11.0 Å². The molecule has 0 N–H and O–H groups in total. The number of rotatable bonds is 4. The molecule has 1 aromatic rings. The van der Waals surface area contributed by atoms with E-state index >= 15 is 0 Å². The van der Waals surface area contributed by atoms with Gasteiger partial charge in [-0.3, -0.25) is 9.19 Å². The number of halogens is 4. The lowest BCUT2D eigenvalue weighted by Crippen LogP contribution is -2.39. The Kier molecular flexibility index (Phi) is 5.07. The minimum Gasteiger partial charge on any atom is -0.268 e. The Labute approximate surface area is 140 Å². The van der Waals surface area contributed by atoms with Crippen molar-refractivity contribution in [3.63, 3.8) is 0 Å². The molecular formula is C13H14BrF3N2O3S. The quantitative estimate of drug-likeness (QED) is 0.709. The second-order valence-corrected chi connectivity index (χ2v) is 7.71. The zero-order chi connectivity index (χ0) is 17.4. The first kappa shape index (κ1) is 18.2. The van der Waals surface area contributed by atoms with Crippen LogP contribution >= 0.6 is 15.9 Å². The summed E-state index contributed by atoms with van der Waals surface area (Å²) in [5.74, 6) is -1.03. The van der Waals surface area contributed by atoms with E-state index in [0.717, 1.165) is 15.7 Å². The van der Waals surface area contributed by atoms with Gasteiger partial charge in [-0.2, -0.15) is 26.7 Å². The summed E-state index contributed by atoms with van der Waals surface area (Å²) in [7, 11) is -3.77. The molecule has 5 nitrogen and oxygen atoms in total. The Hall–Kier alpha value is -1.13. The highest BCUT2D eigenvalue weighted by Gasteiger charge is 2.48. The molecule has 2 atom stereocenters. The number of nitrogens with zero attached hydrogens (tertiary/aromatic N) is 2.